The molecule has 53 heavy (non-hydrogen) atoms. The predicted molar refractivity (Wildman–Crippen MR) is 220 cm³/mol. The molecule has 0 spiro atoms. The first kappa shape index (κ1) is 31.1. The number of hydrogen-bond donors (Lipinski definition) is 0. The standard InChI is InChI=1S/C50H35N3/c1-50(2)43-27-14-13-24-39(43)40-29-28-35(31-44(40)50)34-20-15-21-36(30-34)45-41-25-11-9-22-37(41)38-23-10-12-26-42(38)46(45)49-52-47(32-16-5-3-6-17-32)51-48(53-49)33-18-7-4-8-19-33/h3-31H,1-2H3. The summed E-state index contributed by atoms with van der Waals surface area (Å²) in [4.78, 5) is 15.6. The first-order chi connectivity index (χ1) is 26.0. The lowest BCUT2D eigenvalue weighted by molar-refractivity contribution is 0.660. The molecule has 0 bridgehead atoms. The summed E-state index contributed by atoms with van der Waals surface area (Å²) in [5.74, 6) is 1.94. The van der Waals surface area contributed by atoms with Gasteiger partial charge in [-0.05, 0) is 72.6 Å². The average Bonchev–Trinajstić information content (AvgIpc) is 3.46. The van der Waals surface area contributed by atoms with E-state index in [2.05, 4.69) is 153 Å². The van der Waals surface area contributed by atoms with Crippen LogP contribution in [0.25, 0.3) is 89.1 Å². The Labute approximate surface area is 309 Å². The Kier molecular flexibility index (Phi) is 7.16. The van der Waals surface area contributed by atoms with E-state index < -0.39 is 0 Å². The normalized spacial score (nSPS) is 12.9. The third-order valence-corrected chi connectivity index (χ3v) is 10.9. The Bertz CT molecular complexity index is 2800. The molecule has 1 aliphatic carbocycles. The number of rotatable bonds is 5. The second kappa shape index (κ2) is 12.2. The minimum absolute atomic E-state index is 0.0765. The molecule has 0 fully saturated rings. The van der Waals surface area contributed by atoms with Crippen LogP contribution in [0.3, 0.4) is 0 Å². The fraction of sp³-hybridized carbons (Fsp3) is 0.0600. The van der Waals surface area contributed by atoms with Crippen molar-refractivity contribution in [1.29, 1.82) is 0 Å². The van der Waals surface area contributed by atoms with Gasteiger partial charge in [0, 0.05) is 27.7 Å². The van der Waals surface area contributed by atoms with E-state index >= 15 is 0 Å². The number of fused-ring (bicyclic) bond motifs is 6. The van der Waals surface area contributed by atoms with Gasteiger partial charge in [-0.3, -0.25) is 0 Å². The summed E-state index contributed by atoms with van der Waals surface area (Å²) < 4.78 is 0. The van der Waals surface area contributed by atoms with Gasteiger partial charge in [0.25, 0.3) is 0 Å². The summed E-state index contributed by atoms with van der Waals surface area (Å²) in [7, 11) is 0. The van der Waals surface area contributed by atoms with Crippen LogP contribution in [-0.2, 0) is 5.41 Å². The van der Waals surface area contributed by atoms with Crippen LogP contribution in [0, 0.1) is 0 Å². The molecule has 3 heteroatoms. The molecule has 1 aliphatic rings. The van der Waals surface area contributed by atoms with Gasteiger partial charge in [0.1, 0.15) is 0 Å². The van der Waals surface area contributed by atoms with E-state index in [1.165, 1.54) is 44.2 Å². The molecule has 8 aromatic carbocycles. The van der Waals surface area contributed by atoms with Crippen molar-refractivity contribution in [1.82, 2.24) is 15.0 Å². The van der Waals surface area contributed by atoms with Gasteiger partial charge in [0.15, 0.2) is 17.5 Å². The molecule has 0 amide bonds. The van der Waals surface area contributed by atoms with Crippen molar-refractivity contribution in [2.45, 2.75) is 19.3 Å². The van der Waals surface area contributed by atoms with Crippen molar-refractivity contribution in [3.05, 3.63) is 187 Å². The van der Waals surface area contributed by atoms with E-state index in [0.29, 0.717) is 17.5 Å². The van der Waals surface area contributed by atoms with Crippen molar-refractivity contribution in [3.63, 3.8) is 0 Å². The third-order valence-electron chi connectivity index (χ3n) is 10.9. The second-order valence-electron chi connectivity index (χ2n) is 14.4. The summed E-state index contributed by atoms with van der Waals surface area (Å²) in [5.41, 5.74) is 12.8. The maximum absolute atomic E-state index is 5.28. The lowest BCUT2D eigenvalue weighted by atomic mass is 9.81. The molecular weight excluding hydrogens is 643 g/mol. The summed E-state index contributed by atoms with van der Waals surface area (Å²) in [5, 5.41) is 4.63. The van der Waals surface area contributed by atoms with Gasteiger partial charge < -0.3 is 0 Å². The molecule has 0 aliphatic heterocycles. The van der Waals surface area contributed by atoms with Crippen molar-refractivity contribution < 1.29 is 0 Å². The molecule has 0 atom stereocenters. The lowest BCUT2D eigenvalue weighted by Gasteiger charge is -2.22. The van der Waals surface area contributed by atoms with Crippen LogP contribution in [0.1, 0.15) is 25.0 Å². The molecule has 10 rings (SSSR count). The third kappa shape index (κ3) is 5.08. The molecule has 3 nitrogen and oxygen atoms in total. The maximum Gasteiger partial charge on any atom is 0.165 e. The minimum Gasteiger partial charge on any atom is -0.208 e. The maximum atomic E-state index is 5.28. The predicted octanol–water partition coefficient (Wildman–Crippen LogP) is 12.8. The SMILES string of the molecule is CC1(C)c2ccccc2-c2ccc(-c3cccc(-c4c(-c5nc(-c6ccccc6)nc(-c6ccccc6)n5)c5ccccc5c5ccccc45)c3)cc21. The average molecular weight is 678 g/mol. The van der Waals surface area contributed by atoms with Crippen LogP contribution < -0.4 is 0 Å². The zero-order valence-electron chi connectivity index (χ0n) is 29.6. The first-order valence-electron chi connectivity index (χ1n) is 18.2. The van der Waals surface area contributed by atoms with Crippen LogP contribution in [0.15, 0.2) is 176 Å². The van der Waals surface area contributed by atoms with Crippen molar-refractivity contribution >= 4 is 21.5 Å². The second-order valence-corrected chi connectivity index (χ2v) is 14.4. The topological polar surface area (TPSA) is 38.7 Å². The molecule has 0 saturated carbocycles. The molecule has 1 aromatic heterocycles. The molecule has 0 unspecified atom stereocenters. The largest absolute Gasteiger partial charge is 0.208 e. The van der Waals surface area contributed by atoms with Gasteiger partial charge in [-0.25, -0.2) is 15.0 Å². The van der Waals surface area contributed by atoms with Crippen molar-refractivity contribution in [3.8, 4) is 67.5 Å². The Balaban J connectivity index is 1.24. The number of benzene rings is 8. The minimum atomic E-state index is -0.0765. The summed E-state index contributed by atoms with van der Waals surface area (Å²) in [6, 6.07) is 62.6. The zero-order valence-corrected chi connectivity index (χ0v) is 29.6. The quantitative estimate of drug-likeness (QED) is 0.170. The highest BCUT2D eigenvalue weighted by molar-refractivity contribution is 6.21. The molecule has 250 valence electrons. The lowest BCUT2D eigenvalue weighted by Crippen LogP contribution is -2.14. The number of aromatic nitrogens is 3. The van der Waals surface area contributed by atoms with Crippen LogP contribution in [-0.4, -0.2) is 15.0 Å². The first-order valence-corrected chi connectivity index (χ1v) is 18.2. The van der Waals surface area contributed by atoms with Gasteiger partial charge in [-0.15, -0.1) is 0 Å². The molecule has 0 radical (unpaired) electrons. The van der Waals surface area contributed by atoms with Crippen molar-refractivity contribution in [2.75, 3.05) is 0 Å². The van der Waals surface area contributed by atoms with Gasteiger partial charge in [-0.2, -0.15) is 0 Å². The Hall–Kier alpha value is -6.71. The van der Waals surface area contributed by atoms with Gasteiger partial charge in [0.2, 0.25) is 0 Å². The molecule has 1 heterocycles. The van der Waals surface area contributed by atoms with Gasteiger partial charge in [-0.1, -0.05) is 178 Å². The fourth-order valence-corrected chi connectivity index (χ4v) is 8.33. The molecule has 9 aromatic rings. The van der Waals surface area contributed by atoms with Crippen LogP contribution in [0.4, 0.5) is 0 Å². The van der Waals surface area contributed by atoms with Crippen LogP contribution in [0.2, 0.25) is 0 Å². The Morgan fingerprint density at radius 2 is 0.792 bits per heavy atom. The summed E-state index contributed by atoms with van der Waals surface area (Å²) in [6.45, 7) is 4.68. The van der Waals surface area contributed by atoms with Crippen molar-refractivity contribution in [2.24, 2.45) is 0 Å². The van der Waals surface area contributed by atoms with Gasteiger partial charge in [0.05, 0.1) is 0 Å². The molecule has 0 saturated heterocycles. The van der Waals surface area contributed by atoms with Crippen LogP contribution >= 0.6 is 0 Å². The molecule has 0 N–H and O–H groups in total. The monoisotopic (exact) mass is 677 g/mol. The smallest absolute Gasteiger partial charge is 0.165 e. The highest BCUT2D eigenvalue weighted by Gasteiger charge is 2.35. The number of nitrogens with zero attached hydrogens (tertiary/aromatic N) is 3. The van der Waals surface area contributed by atoms with E-state index in [1.807, 2.05) is 36.4 Å². The highest BCUT2D eigenvalue weighted by Crippen LogP contribution is 2.50. The van der Waals surface area contributed by atoms with E-state index in [9.17, 15) is 0 Å². The Morgan fingerprint density at radius 1 is 0.321 bits per heavy atom. The highest BCUT2D eigenvalue weighted by atomic mass is 15.0. The van der Waals surface area contributed by atoms with E-state index in [0.717, 1.165) is 38.6 Å². The summed E-state index contributed by atoms with van der Waals surface area (Å²) in [6.07, 6.45) is 0. The Morgan fingerprint density at radius 3 is 1.45 bits per heavy atom. The fourth-order valence-electron chi connectivity index (χ4n) is 8.33. The van der Waals surface area contributed by atoms with Gasteiger partial charge >= 0.3 is 0 Å². The van der Waals surface area contributed by atoms with E-state index in [4.69, 9.17) is 15.0 Å². The summed E-state index contributed by atoms with van der Waals surface area (Å²) >= 11 is 0. The number of hydrogen-bond acceptors (Lipinski definition) is 3. The zero-order chi connectivity index (χ0) is 35.5. The van der Waals surface area contributed by atoms with E-state index in [1.54, 1.807) is 0 Å². The molecular formula is C50H35N3. The van der Waals surface area contributed by atoms with Crippen LogP contribution in [0.5, 0.6) is 0 Å². The van der Waals surface area contributed by atoms with E-state index in [-0.39, 0.29) is 5.41 Å².